The largest absolute Gasteiger partial charge is 0.486 e. The summed E-state index contributed by atoms with van der Waals surface area (Å²) < 4.78 is 12.6. The highest BCUT2D eigenvalue weighted by Crippen LogP contribution is 2.21. The number of aryl methyl sites for hydroxylation is 1. The molecule has 0 aliphatic carbocycles. The van der Waals surface area contributed by atoms with E-state index < -0.39 is 0 Å². The maximum atomic E-state index is 12.1. The molecule has 0 aliphatic rings. The predicted octanol–water partition coefficient (Wildman–Crippen LogP) is 3.79. The number of ether oxygens (including phenoxy) is 1. The van der Waals surface area contributed by atoms with Gasteiger partial charge in [0.05, 0.1) is 5.75 Å². The topological polar surface area (TPSA) is 95.1 Å². The van der Waals surface area contributed by atoms with Crippen LogP contribution in [-0.2, 0) is 24.4 Å². The van der Waals surface area contributed by atoms with Gasteiger partial charge in [-0.3, -0.25) is 4.79 Å². The van der Waals surface area contributed by atoms with Gasteiger partial charge in [0.1, 0.15) is 18.6 Å². The van der Waals surface area contributed by atoms with Gasteiger partial charge in [0.15, 0.2) is 16.8 Å². The molecule has 0 atom stereocenters. The number of carbonyl (C=O) groups is 1. The molecule has 29 heavy (non-hydrogen) atoms. The molecule has 3 aromatic rings. The Bertz CT molecular complexity index is 907. The van der Waals surface area contributed by atoms with Crippen LogP contribution in [0.4, 0.5) is 5.82 Å². The number of rotatable bonds is 10. The van der Waals surface area contributed by atoms with Gasteiger partial charge >= 0.3 is 0 Å². The average Bonchev–Trinajstić information content (AvgIpc) is 3.35. The molecule has 2 heterocycles. The molecular weight excluding hydrogens is 390 g/mol. The van der Waals surface area contributed by atoms with E-state index in [0.29, 0.717) is 23.5 Å². The van der Waals surface area contributed by atoms with Crippen molar-refractivity contribution in [3.8, 4) is 5.75 Å². The first-order valence-electron chi connectivity index (χ1n) is 9.52. The van der Waals surface area contributed by atoms with Crippen LogP contribution in [0.5, 0.6) is 5.75 Å². The lowest BCUT2D eigenvalue weighted by molar-refractivity contribution is -0.113. The molecule has 0 saturated heterocycles. The van der Waals surface area contributed by atoms with Crippen LogP contribution in [0.1, 0.15) is 32.2 Å². The van der Waals surface area contributed by atoms with Gasteiger partial charge < -0.3 is 19.1 Å². The van der Waals surface area contributed by atoms with Crippen molar-refractivity contribution in [3.63, 3.8) is 0 Å². The lowest BCUT2D eigenvalue weighted by Crippen LogP contribution is -2.16. The van der Waals surface area contributed by atoms with E-state index in [9.17, 15) is 4.79 Å². The number of thioether (sulfide) groups is 1. The quantitative estimate of drug-likeness (QED) is 0.503. The molecule has 0 unspecified atom stereocenters. The second-order valence-electron chi connectivity index (χ2n) is 6.91. The fourth-order valence-electron chi connectivity index (χ4n) is 2.64. The summed E-state index contributed by atoms with van der Waals surface area (Å²) in [4.78, 5) is 12.1. The van der Waals surface area contributed by atoms with Crippen molar-refractivity contribution in [2.75, 3.05) is 11.1 Å². The minimum atomic E-state index is -0.184. The van der Waals surface area contributed by atoms with Crippen LogP contribution in [0.2, 0.25) is 0 Å². The summed E-state index contributed by atoms with van der Waals surface area (Å²) in [5, 5.41) is 15.6. The Hall–Kier alpha value is -2.81. The first-order chi connectivity index (χ1) is 14.0. The number of hydrogen-bond donors (Lipinski definition) is 1. The van der Waals surface area contributed by atoms with Crippen LogP contribution < -0.4 is 10.1 Å². The predicted molar refractivity (Wildman–Crippen MR) is 111 cm³/mol. The Kier molecular flexibility index (Phi) is 7.29. The molecule has 2 aromatic heterocycles. The van der Waals surface area contributed by atoms with E-state index in [0.717, 1.165) is 24.5 Å². The monoisotopic (exact) mass is 415 g/mol. The van der Waals surface area contributed by atoms with Gasteiger partial charge in [-0.15, -0.1) is 10.2 Å². The minimum Gasteiger partial charge on any atom is -0.486 e. The molecule has 154 valence electrons. The fourth-order valence-corrected chi connectivity index (χ4v) is 3.40. The number of nitrogens with zero attached hydrogens (tertiary/aromatic N) is 4. The van der Waals surface area contributed by atoms with Crippen LogP contribution in [0.15, 0.2) is 46.3 Å². The maximum absolute atomic E-state index is 12.1. The normalized spacial score (nSPS) is 11.0. The van der Waals surface area contributed by atoms with Gasteiger partial charge in [0.25, 0.3) is 0 Å². The number of benzene rings is 1. The average molecular weight is 416 g/mol. The number of aromatic nitrogens is 4. The van der Waals surface area contributed by atoms with Crippen molar-refractivity contribution in [2.45, 2.75) is 45.5 Å². The molecule has 0 spiro atoms. The summed E-state index contributed by atoms with van der Waals surface area (Å²) in [6, 6.07) is 9.63. The van der Waals surface area contributed by atoms with Gasteiger partial charge in [0.2, 0.25) is 5.91 Å². The van der Waals surface area contributed by atoms with Crippen LogP contribution in [0.3, 0.4) is 0 Å². The highest BCUT2D eigenvalue weighted by molar-refractivity contribution is 7.99. The summed E-state index contributed by atoms with van der Waals surface area (Å²) in [5.41, 5.74) is 1.27. The zero-order chi connectivity index (χ0) is 20.6. The lowest BCUT2D eigenvalue weighted by Gasteiger charge is -2.13. The van der Waals surface area contributed by atoms with Gasteiger partial charge in [-0.25, -0.2) is 0 Å². The van der Waals surface area contributed by atoms with E-state index in [-0.39, 0.29) is 11.7 Å². The SMILES string of the molecule is CCc1ccc(OCc2nnc(SCC(=O)Nc3ccon3)n2CC(C)C)cc1. The Morgan fingerprint density at radius 1 is 1.24 bits per heavy atom. The Morgan fingerprint density at radius 3 is 2.69 bits per heavy atom. The highest BCUT2D eigenvalue weighted by atomic mass is 32.2. The standard InChI is InChI=1S/C20H25N5O3S/c1-4-15-5-7-16(8-6-15)27-12-18-22-23-20(25(18)11-14(2)3)29-13-19(26)21-17-9-10-28-24-17/h5-10,14H,4,11-13H2,1-3H3,(H,21,24,26). The third-order valence-electron chi connectivity index (χ3n) is 4.08. The van der Waals surface area contributed by atoms with Gasteiger partial charge in [0, 0.05) is 12.6 Å². The highest BCUT2D eigenvalue weighted by Gasteiger charge is 2.16. The molecule has 0 aliphatic heterocycles. The number of amides is 1. The summed E-state index contributed by atoms with van der Waals surface area (Å²) in [6.45, 7) is 7.43. The smallest absolute Gasteiger partial charge is 0.236 e. The van der Waals surface area contributed by atoms with E-state index in [4.69, 9.17) is 9.26 Å². The van der Waals surface area contributed by atoms with E-state index in [1.54, 1.807) is 6.07 Å². The molecule has 0 saturated carbocycles. The zero-order valence-electron chi connectivity index (χ0n) is 16.8. The van der Waals surface area contributed by atoms with Crippen molar-refractivity contribution in [2.24, 2.45) is 5.92 Å². The fraction of sp³-hybridized carbons (Fsp3) is 0.400. The Balaban J connectivity index is 1.62. The second kappa shape index (κ2) is 10.1. The number of nitrogens with one attached hydrogen (secondary N) is 1. The molecule has 0 bridgehead atoms. The molecule has 0 radical (unpaired) electrons. The van der Waals surface area contributed by atoms with Crippen molar-refractivity contribution < 1.29 is 14.1 Å². The molecular formula is C20H25N5O3S. The first kappa shape index (κ1) is 20.9. The molecule has 3 rings (SSSR count). The van der Waals surface area contributed by atoms with Crippen molar-refractivity contribution in [1.82, 2.24) is 19.9 Å². The van der Waals surface area contributed by atoms with Crippen LogP contribution in [-0.4, -0.2) is 31.6 Å². The molecule has 1 N–H and O–H groups in total. The summed E-state index contributed by atoms with van der Waals surface area (Å²) in [7, 11) is 0. The van der Waals surface area contributed by atoms with E-state index in [2.05, 4.69) is 53.6 Å². The summed E-state index contributed by atoms with van der Waals surface area (Å²) in [5.74, 6) is 2.33. The molecule has 1 amide bonds. The van der Waals surface area contributed by atoms with Crippen molar-refractivity contribution in [1.29, 1.82) is 0 Å². The van der Waals surface area contributed by atoms with Gasteiger partial charge in [-0.2, -0.15) is 0 Å². The molecule has 0 fully saturated rings. The van der Waals surface area contributed by atoms with E-state index in [1.807, 2.05) is 16.7 Å². The van der Waals surface area contributed by atoms with Crippen LogP contribution in [0, 0.1) is 5.92 Å². The number of carbonyl (C=O) groups excluding carboxylic acids is 1. The van der Waals surface area contributed by atoms with Crippen LogP contribution >= 0.6 is 11.8 Å². The third kappa shape index (κ3) is 6.08. The minimum absolute atomic E-state index is 0.184. The Labute approximate surface area is 174 Å². The van der Waals surface area contributed by atoms with Crippen molar-refractivity contribution in [3.05, 3.63) is 48.0 Å². The van der Waals surface area contributed by atoms with Crippen LogP contribution in [0.25, 0.3) is 0 Å². The summed E-state index contributed by atoms with van der Waals surface area (Å²) >= 11 is 1.33. The summed E-state index contributed by atoms with van der Waals surface area (Å²) in [6.07, 6.45) is 2.40. The number of hydrogen-bond acceptors (Lipinski definition) is 7. The van der Waals surface area contributed by atoms with E-state index in [1.165, 1.54) is 23.6 Å². The second-order valence-corrected chi connectivity index (χ2v) is 7.85. The molecule has 9 heteroatoms. The first-order valence-corrected chi connectivity index (χ1v) is 10.5. The Morgan fingerprint density at radius 2 is 2.03 bits per heavy atom. The van der Waals surface area contributed by atoms with Gasteiger partial charge in [-0.05, 0) is 30.0 Å². The van der Waals surface area contributed by atoms with Gasteiger partial charge in [-0.1, -0.05) is 49.8 Å². The molecule has 1 aromatic carbocycles. The maximum Gasteiger partial charge on any atom is 0.236 e. The van der Waals surface area contributed by atoms with E-state index >= 15 is 0 Å². The lowest BCUT2D eigenvalue weighted by atomic mass is 10.2. The number of anilines is 1. The zero-order valence-corrected chi connectivity index (χ0v) is 17.6. The third-order valence-corrected chi connectivity index (χ3v) is 5.05. The molecule has 8 nitrogen and oxygen atoms in total. The van der Waals surface area contributed by atoms with Crippen molar-refractivity contribution >= 4 is 23.5 Å².